The van der Waals surface area contributed by atoms with Gasteiger partial charge < -0.3 is 15.4 Å². The van der Waals surface area contributed by atoms with Crippen molar-refractivity contribution in [2.24, 2.45) is 0 Å². The van der Waals surface area contributed by atoms with Crippen molar-refractivity contribution >= 4 is 23.5 Å². The monoisotopic (exact) mass is 326 g/mol. The van der Waals surface area contributed by atoms with Gasteiger partial charge in [0.25, 0.3) is 5.91 Å². The predicted molar refractivity (Wildman–Crippen MR) is 89.7 cm³/mol. The van der Waals surface area contributed by atoms with Crippen molar-refractivity contribution in [2.45, 2.75) is 13.5 Å². The van der Waals surface area contributed by atoms with Gasteiger partial charge in [-0.05, 0) is 42.0 Å². The van der Waals surface area contributed by atoms with Gasteiger partial charge in [-0.15, -0.1) is 0 Å². The van der Waals surface area contributed by atoms with E-state index < -0.39 is 5.97 Å². The normalized spacial score (nSPS) is 9.92. The van der Waals surface area contributed by atoms with Gasteiger partial charge in [0.2, 0.25) is 5.91 Å². The van der Waals surface area contributed by atoms with Crippen LogP contribution in [0.4, 0.5) is 5.69 Å². The number of carbonyl (C=O) groups is 3. The number of hydrogen-bond donors (Lipinski definition) is 2. The third kappa shape index (κ3) is 4.67. The van der Waals surface area contributed by atoms with Crippen LogP contribution in [0, 0.1) is 0 Å². The molecule has 6 heteroatoms. The predicted octanol–water partition coefficient (Wildman–Crippen LogP) is 2.36. The first-order valence-corrected chi connectivity index (χ1v) is 7.32. The molecule has 0 radical (unpaired) electrons. The molecule has 2 aromatic rings. The van der Waals surface area contributed by atoms with Gasteiger partial charge in [-0.3, -0.25) is 9.59 Å². The Hall–Kier alpha value is -3.15. The molecule has 0 aromatic heterocycles. The molecule has 0 unspecified atom stereocenters. The van der Waals surface area contributed by atoms with E-state index >= 15 is 0 Å². The number of methoxy groups -OCH3 is 1. The summed E-state index contributed by atoms with van der Waals surface area (Å²) >= 11 is 0. The van der Waals surface area contributed by atoms with Crippen LogP contribution in [0.1, 0.15) is 33.2 Å². The summed E-state index contributed by atoms with van der Waals surface area (Å²) in [6.45, 7) is 1.76. The number of carbonyl (C=O) groups excluding carboxylic acids is 3. The Labute approximate surface area is 139 Å². The fourth-order valence-electron chi connectivity index (χ4n) is 2.07. The van der Waals surface area contributed by atoms with Gasteiger partial charge in [-0.1, -0.05) is 12.1 Å². The maximum absolute atomic E-state index is 12.1. The average molecular weight is 326 g/mol. The molecule has 0 saturated carbocycles. The Kier molecular flexibility index (Phi) is 5.68. The van der Waals surface area contributed by atoms with Gasteiger partial charge in [0.1, 0.15) is 0 Å². The molecule has 0 bridgehead atoms. The number of esters is 1. The summed E-state index contributed by atoms with van der Waals surface area (Å²) in [5.74, 6) is -0.783. The molecular weight excluding hydrogens is 308 g/mol. The molecule has 0 saturated heterocycles. The Bertz CT molecular complexity index is 737. The maximum atomic E-state index is 12.1. The van der Waals surface area contributed by atoms with Crippen molar-refractivity contribution in [3.05, 3.63) is 65.2 Å². The average Bonchev–Trinajstić information content (AvgIpc) is 2.59. The Morgan fingerprint density at radius 3 is 2.04 bits per heavy atom. The first kappa shape index (κ1) is 17.2. The van der Waals surface area contributed by atoms with E-state index in [4.69, 9.17) is 0 Å². The number of amides is 2. The van der Waals surface area contributed by atoms with E-state index in [1.165, 1.54) is 14.0 Å². The molecule has 0 atom stereocenters. The fraction of sp³-hybridized carbons (Fsp3) is 0.167. The van der Waals surface area contributed by atoms with Gasteiger partial charge in [0.05, 0.1) is 12.7 Å². The zero-order valence-corrected chi connectivity index (χ0v) is 13.5. The van der Waals surface area contributed by atoms with Crippen LogP contribution in [-0.4, -0.2) is 24.9 Å². The van der Waals surface area contributed by atoms with Crippen LogP contribution in [0.3, 0.4) is 0 Å². The highest BCUT2D eigenvalue weighted by Gasteiger charge is 2.07. The Balaban J connectivity index is 1.92. The van der Waals surface area contributed by atoms with E-state index in [0.717, 1.165) is 5.56 Å². The molecule has 2 aromatic carbocycles. The fourth-order valence-corrected chi connectivity index (χ4v) is 2.07. The zero-order chi connectivity index (χ0) is 17.5. The number of benzene rings is 2. The van der Waals surface area contributed by atoms with Crippen molar-refractivity contribution in [3.63, 3.8) is 0 Å². The lowest BCUT2D eigenvalue weighted by Gasteiger charge is -2.07. The van der Waals surface area contributed by atoms with Gasteiger partial charge in [-0.2, -0.15) is 0 Å². The van der Waals surface area contributed by atoms with Crippen molar-refractivity contribution in [2.75, 3.05) is 12.4 Å². The lowest BCUT2D eigenvalue weighted by molar-refractivity contribution is -0.114. The van der Waals surface area contributed by atoms with Gasteiger partial charge in [0, 0.05) is 24.7 Å². The van der Waals surface area contributed by atoms with Crippen LogP contribution in [0.2, 0.25) is 0 Å². The molecule has 124 valence electrons. The molecule has 0 heterocycles. The molecule has 0 aliphatic rings. The largest absolute Gasteiger partial charge is 0.465 e. The summed E-state index contributed by atoms with van der Waals surface area (Å²) in [6.07, 6.45) is 0. The van der Waals surface area contributed by atoms with Crippen molar-refractivity contribution in [1.82, 2.24) is 5.32 Å². The standard InChI is InChI=1S/C18H18N2O4/c1-12(21)20-16-9-7-14(8-10-16)17(22)19-11-13-3-5-15(6-4-13)18(23)24-2/h3-10H,11H2,1-2H3,(H,19,22)(H,20,21). The summed E-state index contributed by atoms with van der Waals surface area (Å²) in [4.78, 5) is 34.4. The highest BCUT2D eigenvalue weighted by Crippen LogP contribution is 2.10. The van der Waals surface area contributed by atoms with E-state index in [1.807, 2.05) is 0 Å². The highest BCUT2D eigenvalue weighted by molar-refractivity contribution is 5.95. The third-order valence-corrected chi connectivity index (χ3v) is 3.30. The molecule has 2 amide bonds. The number of anilines is 1. The SMILES string of the molecule is COC(=O)c1ccc(CNC(=O)c2ccc(NC(C)=O)cc2)cc1. The maximum Gasteiger partial charge on any atom is 0.337 e. The molecular formula is C18H18N2O4. The third-order valence-electron chi connectivity index (χ3n) is 3.30. The van der Waals surface area contributed by atoms with Gasteiger partial charge in [0.15, 0.2) is 0 Å². The second-order valence-electron chi connectivity index (χ2n) is 5.13. The van der Waals surface area contributed by atoms with Crippen molar-refractivity contribution < 1.29 is 19.1 Å². The summed E-state index contributed by atoms with van der Waals surface area (Å²) in [6, 6.07) is 13.4. The molecule has 0 aliphatic carbocycles. The van der Waals surface area contributed by atoms with E-state index in [9.17, 15) is 14.4 Å². The highest BCUT2D eigenvalue weighted by atomic mass is 16.5. The minimum absolute atomic E-state index is 0.164. The Morgan fingerprint density at radius 2 is 1.50 bits per heavy atom. The van der Waals surface area contributed by atoms with Crippen molar-refractivity contribution in [3.8, 4) is 0 Å². The Morgan fingerprint density at radius 1 is 0.917 bits per heavy atom. The number of ether oxygens (including phenoxy) is 1. The van der Waals surface area contributed by atoms with Crippen LogP contribution in [0.15, 0.2) is 48.5 Å². The number of nitrogens with one attached hydrogen (secondary N) is 2. The number of rotatable bonds is 5. The first-order valence-electron chi connectivity index (χ1n) is 7.32. The van der Waals surface area contributed by atoms with Crippen LogP contribution in [-0.2, 0) is 16.1 Å². The van der Waals surface area contributed by atoms with E-state index in [1.54, 1.807) is 48.5 Å². The topological polar surface area (TPSA) is 84.5 Å². The summed E-state index contributed by atoms with van der Waals surface area (Å²) < 4.78 is 4.63. The lowest BCUT2D eigenvalue weighted by atomic mass is 10.1. The van der Waals surface area contributed by atoms with E-state index in [0.29, 0.717) is 23.4 Å². The molecule has 24 heavy (non-hydrogen) atoms. The van der Waals surface area contributed by atoms with E-state index in [-0.39, 0.29) is 11.8 Å². The van der Waals surface area contributed by atoms with Gasteiger partial charge in [-0.25, -0.2) is 4.79 Å². The molecule has 0 spiro atoms. The van der Waals surface area contributed by atoms with Crippen LogP contribution in [0.25, 0.3) is 0 Å². The minimum Gasteiger partial charge on any atom is -0.465 e. The second-order valence-corrected chi connectivity index (χ2v) is 5.13. The smallest absolute Gasteiger partial charge is 0.337 e. The van der Waals surface area contributed by atoms with Gasteiger partial charge >= 0.3 is 5.97 Å². The minimum atomic E-state index is -0.398. The summed E-state index contributed by atoms with van der Waals surface area (Å²) in [5, 5.41) is 5.44. The zero-order valence-electron chi connectivity index (χ0n) is 13.5. The van der Waals surface area contributed by atoms with E-state index in [2.05, 4.69) is 15.4 Å². The summed E-state index contributed by atoms with van der Waals surface area (Å²) in [7, 11) is 1.33. The second kappa shape index (κ2) is 7.92. The number of hydrogen-bond acceptors (Lipinski definition) is 4. The first-order chi connectivity index (χ1) is 11.5. The van der Waals surface area contributed by atoms with Crippen molar-refractivity contribution in [1.29, 1.82) is 0 Å². The van der Waals surface area contributed by atoms with Crippen LogP contribution < -0.4 is 10.6 Å². The molecule has 0 aliphatic heterocycles. The molecule has 2 N–H and O–H groups in total. The summed E-state index contributed by atoms with van der Waals surface area (Å²) in [5.41, 5.74) is 2.46. The van der Waals surface area contributed by atoms with Crippen LogP contribution in [0.5, 0.6) is 0 Å². The quantitative estimate of drug-likeness (QED) is 0.826. The molecule has 6 nitrogen and oxygen atoms in total. The molecule has 0 fully saturated rings. The molecule has 2 rings (SSSR count). The van der Waals surface area contributed by atoms with Crippen LogP contribution >= 0.6 is 0 Å². The lowest BCUT2D eigenvalue weighted by Crippen LogP contribution is -2.22.